The molecule has 0 radical (unpaired) electrons. The number of para-hydroxylation sites is 1. The van der Waals surface area contributed by atoms with Gasteiger partial charge in [-0.2, -0.15) is 10.5 Å². The lowest BCUT2D eigenvalue weighted by Crippen LogP contribution is -2.44. The summed E-state index contributed by atoms with van der Waals surface area (Å²) in [5.41, 5.74) is 1.84. The number of hydrogen-bond donors (Lipinski definition) is 0. The van der Waals surface area contributed by atoms with Gasteiger partial charge in [0.1, 0.15) is 6.04 Å². The molecule has 0 spiro atoms. The molecule has 2 aliphatic rings. The zero-order chi connectivity index (χ0) is 21.4. The topological polar surface area (TPSA) is 67.9 Å². The second-order valence-corrected chi connectivity index (χ2v) is 7.93. The Bertz CT molecular complexity index is 1240. The molecule has 4 heteroatoms. The van der Waals surface area contributed by atoms with E-state index in [4.69, 9.17) is 0 Å². The van der Waals surface area contributed by atoms with Gasteiger partial charge in [0.15, 0.2) is 11.2 Å². The molecule has 1 saturated heterocycles. The van der Waals surface area contributed by atoms with Gasteiger partial charge in [0.25, 0.3) is 0 Å². The smallest absolute Gasteiger partial charge is 0.185 e. The summed E-state index contributed by atoms with van der Waals surface area (Å²) in [4.78, 5) is 15.9. The molecular weight excluding hydrogens is 382 g/mol. The van der Waals surface area contributed by atoms with Crippen molar-refractivity contribution in [1.82, 2.24) is 0 Å². The minimum atomic E-state index is -1.40. The lowest BCUT2D eigenvalue weighted by Gasteiger charge is -2.35. The molecular formula is C27H19N3O. The number of benzene rings is 3. The van der Waals surface area contributed by atoms with Gasteiger partial charge >= 0.3 is 0 Å². The molecule has 0 saturated carbocycles. The van der Waals surface area contributed by atoms with Crippen LogP contribution in [0.3, 0.4) is 0 Å². The fraction of sp³-hybridized carbons (Fsp3) is 0.148. The molecule has 31 heavy (non-hydrogen) atoms. The van der Waals surface area contributed by atoms with Gasteiger partial charge in [0.05, 0.1) is 18.2 Å². The van der Waals surface area contributed by atoms with Gasteiger partial charge in [-0.15, -0.1) is 0 Å². The Morgan fingerprint density at radius 3 is 2.13 bits per heavy atom. The summed E-state index contributed by atoms with van der Waals surface area (Å²) >= 11 is 0. The van der Waals surface area contributed by atoms with Gasteiger partial charge < -0.3 is 4.90 Å². The Morgan fingerprint density at radius 2 is 1.45 bits per heavy atom. The molecule has 3 aromatic carbocycles. The van der Waals surface area contributed by atoms with Gasteiger partial charge in [-0.1, -0.05) is 91.0 Å². The molecule has 3 atom stereocenters. The van der Waals surface area contributed by atoms with E-state index in [0.717, 1.165) is 16.8 Å². The third-order valence-electron chi connectivity index (χ3n) is 6.40. The molecule has 4 nitrogen and oxygen atoms in total. The van der Waals surface area contributed by atoms with Crippen molar-refractivity contribution >= 4 is 17.5 Å². The van der Waals surface area contributed by atoms with Crippen LogP contribution in [0.2, 0.25) is 0 Å². The minimum absolute atomic E-state index is 0.0862. The highest BCUT2D eigenvalue weighted by molar-refractivity contribution is 6.04. The average molecular weight is 401 g/mol. The molecule has 0 bridgehead atoms. The third kappa shape index (κ3) is 2.70. The van der Waals surface area contributed by atoms with Crippen molar-refractivity contribution < 1.29 is 4.79 Å². The summed E-state index contributed by atoms with van der Waals surface area (Å²) < 4.78 is 0. The van der Waals surface area contributed by atoms with E-state index in [2.05, 4.69) is 12.1 Å². The third-order valence-corrected chi connectivity index (χ3v) is 6.40. The number of carbonyl (C=O) groups is 1. The van der Waals surface area contributed by atoms with Gasteiger partial charge in [-0.3, -0.25) is 4.79 Å². The van der Waals surface area contributed by atoms with Gasteiger partial charge in [-0.05, 0) is 17.2 Å². The van der Waals surface area contributed by atoms with Crippen LogP contribution >= 0.6 is 0 Å². The minimum Gasteiger partial charge on any atom is -0.351 e. The highest BCUT2D eigenvalue weighted by Gasteiger charge is 2.63. The van der Waals surface area contributed by atoms with E-state index < -0.39 is 23.4 Å². The Labute approximate surface area is 181 Å². The van der Waals surface area contributed by atoms with Crippen molar-refractivity contribution in [1.29, 1.82) is 10.5 Å². The summed E-state index contributed by atoms with van der Waals surface area (Å²) in [5, 5.41) is 20.7. The van der Waals surface area contributed by atoms with E-state index in [1.165, 1.54) is 0 Å². The molecule has 0 aromatic heterocycles. The number of hydrogen-bond acceptors (Lipinski definition) is 4. The molecule has 0 aliphatic carbocycles. The largest absolute Gasteiger partial charge is 0.351 e. The van der Waals surface area contributed by atoms with E-state index in [-0.39, 0.29) is 5.78 Å². The maximum atomic E-state index is 13.9. The molecule has 1 fully saturated rings. The lowest BCUT2D eigenvalue weighted by molar-refractivity contribution is 0.0951. The first-order valence-electron chi connectivity index (χ1n) is 10.2. The first kappa shape index (κ1) is 18.9. The normalized spacial score (nSPS) is 22.6. The highest BCUT2D eigenvalue weighted by atomic mass is 16.1. The van der Waals surface area contributed by atoms with E-state index in [1.54, 1.807) is 12.1 Å². The summed E-state index contributed by atoms with van der Waals surface area (Å²) in [6.45, 7) is 0. The second kappa shape index (κ2) is 7.27. The highest BCUT2D eigenvalue weighted by Crippen LogP contribution is 2.55. The fourth-order valence-corrected chi connectivity index (χ4v) is 5.04. The maximum Gasteiger partial charge on any atom is 0.185 e. The van der Waals surface area contributed by atoms with E-state index >= 15 is 0 Å². The van der Waals surface area contributed by atoms with Crippen LogP contribution in [0.1, 0.15) is 27.4 Å². The van der Waals surface area contributed by atoms with Gasteiger partial charge in [0.2, 0.25) is 0 Å². The van der Waals surface area contributed by atoms with Crippen LogP contribution in [-0.2, 0) is 0 Å². The Balaban J connectivity index is 1.79. The summed E-state index contributed by atoms with van der Waals surface area (Å²) in [6.07, 6.45) is 3.86. The average Bonchev–Trinajstić information content (AvgIpc) is 3.15. The molecule has 0 amide bonds. The number of Topliss-reactive ketones (excluding diaryl/α,β-unsaturated/α-hetero) is 1. The van der Waals surface area contributed by atoms with Crippen LogP contribution in [0.25, 0.3) is 6.08 Å². The summed E-state index contributed by atoms with van der Waals surface area (Å²) in [5.74, 6) is -0.686. The SMILES string of the molecule is N#CC1(C#N)[C@H](c2ccccc2)[C@@H](C(=O)c2ccccc2)N2c3ccccc3C=C[C@H]21. The summed E-state index contributed by atoms with van der Waals surface area (Å²) in [7, 11) is 0. The summed E-state index contributed by atoms with van der Waals surface area (Å²) in [6, 6.07) is 29.9. The van der Waals surface area contributed by atoms with Gasteiger partial charge in [-0.25, -0.2) is 0 Å². The van der Waals surface area contributed by atoms with Crippen molar-refractivity contribution in [2.24, 2.45) is 5.41 Å². The van der Waals surface area contributed by atoms with E-state index in [1.807, 2.05) is 89.8 Å². The zero-order valence-electron chi connectivity index (χ0n) is 16.7. The van der Waals surface area contributed by atoms with E-state index in [0.29, 0.717) is 5.56 Å². The van der Waals surface area contributed by atoms with Crippen LogP contribution in [0.5, 0.6) is 0 Å². The van der Waals surface area contributed by atoms with Crippen LogP contribution in [-0.4, -0.2) is 17.9 Å². The molecule has 2 aliphatic heterocycles. The maximum absolute atomic E-state index is 13.9. The number of nitriles is 2. The van der Waals surface area contributed by atoms with Crippen molar-refractivity contribution in [2.45, 2.75) is 18.0 Å². The van der Waals surface area contributed by atoms with E-state index in [9.17, 15) is 15.3 Å². The van der Waals surface area contributed by atoms with Crippen LogP contribution in [0.15, 0.2) is 91.0 Å². The quantitative estimate of drug-likeness (QED) is 0.581. The predicted molar refractivity (Wildman–Crippen MR) is 119 cm³/mol. The first-order chi connectivity index (χ1) is 15.2. The number of ketones is 1. The lowest BCUT2D eigenvalue weighted by atomic mass is 9.69. The molecule has 0 N–H and O–H groups in total. The first-order valence-corrected chi connectivity index (χ1v) is 10.2. The monoisotopic (exact) mass is 401 g/mol. The second-order valence-electron chi connectivity index (χ2n) is 7.93. The number of nitrogens with zero attached hydrogens (tertiary/aromatic N) is 3. The standard InChI is InChI=1S/C27H19N3O/c28-17-27(18-29)23-16-15-19-9-7-8-14-22(19)30(23)25(24(27)20-10-3-1-4-11-20)26(31)21-12-5-2-6-13-21/h1-16,23-25H/t23-,24+,25-/m0/s1. The van der Waals surface area contributed by atoms with Crippen molar-refractivity contribution in [3.05, 3.63) is 108 Å². The van der Waals surface area contributed by atoms with Crippen LogP contribution in [0, 0.1) is 28.1 Å². The van der Waals surface area contributed by atoms with Crippen molar-refractivity contribution in [2.75, 3.05) is 4.90 Å². The fourth-order valence-electron chi connectivity index (χ4n) is 5.04. The van der Waals surface area contributed by atoms with Crippen molar-refractivity contribution in [3.8, 4) is 12.1 Å². The molecule has 5 rings (SSSR count). The Hall–Kier alpha value is -4.15. The number of rotatable bonds is 3. The molecule has 2 heterocycles. The van der Waals surface area contributed by atoms with Crippen LogP contribution in [0.4, 0.5) is 5.69 Å². The Kier molecular flexibility index (Phi) is 4.42. The van der Waals surface area contributed by atoms with Crippen molar-refractivity contribution in [3.63, 3.8) is 0 Å². The van der Waals surface area contributed by atoms with Gasteiger partial charge in [0, 0.05) is 17.2 Å². The molecule has 3 aromatic rings. The number of anilines is 1. The molecule has 148 valence electrons. The predicted octanol–water partition coefficient (Wildman–Crippen LogP) is 4.97. The molecule has 0 unspecified atom stereocenters. The number of fused-ring (bicyclic) bond motifs is 3. The zero-order valence-corrected chi connectivity index (χ0v) is 16.7. The Morgan fingerprint density at radius 1 is 0.839 bits per heavy atom. The number of carbonyl (C=O) groups excluding carboxylic acids is 1. The van der Waals surface area contributed by atoms with Crippen LogP contribution < -0.4 is 4.90 Å².